The first kappa shape index (κ1) is 74.1. The minimum Gasteiger partial charge on any atom is -0.493 e. The summed E-state index contributed by atoms with van der Waals surface area (Å²) in [6.45, 7) is 25.4. The van der Waals surface area contributed by atoms with Gasteiger partial charge in [0.15, 0.2) is 50.3 Å². The SMILES string of the molecule is C=C(N)c1ccc(-c2c(F)c(Cl)cc(C(C)c3nc(Cl)c4c(N)nccn34)c2OC(C)C)cn1.C=C(c1ccc(-c2c(F)c(Cl)cc(C(C)c3nc(Cl)c4c(N)nccn34)c2OC(C)C)cn1)N(C)C.CCOc1c(C(C)c2nc(Cl)c3c(N)nccn23)cc(Cl)c(C)c1C1=CCC(=O)C=C1. The first-order valence-corrected chi connectivity index (χ1v) is 34.0. The van der Waals surface area contributed by atoms with Gasteiger partial charge >= 0.3 is 0 Å². The molecule has 28 heteroatoms. The van der Waals surface area contributed by atoms with E-state index in [1.54, 1.807) is 94.7 Å². The molecule has 0 saturated carbocycles. The highest BCUT2D eigenvalue weighted by molar-refractivity contribution is 6.34. The molecule has 0 amide bonds. The van der Waals surface area contributed by atoms with E-state index in [1.165, 1.54) is 6.20 Å². The van der Waals surface area contributed by atoms with Gasteiger partial charge in [-0.25, -0.2) is 38.7 Å². The van der Waals surface area contributed by atoms with Crippen LogP contribution in [0, 0.1) is 18.6 Å². The van der Waals surface area contributed by atoms with E-state index in [2.05, 4.69) is 53.0 Å². The van der Waals surface area contributed by atoms with E-state index in [-0.39, 0.29) is 67.0 Å². The number of rotatable bonds is 18. The molecule has 0 spiro atoms. The van der Waals surface area contributed by atoms with Crippen molar-refractivity contribution in [3.05, 3.63) is 222 Å². The van der Waals surface area contributed by atoms with Crippen LogP contribution in [0.4, 0.5) is 26.2 Å². The summed E-state index contributed by atoms with van der Waals surface area (Å²) < 4.78 is 55.0. The van der Waals surface area contributed by atoms with Crippen LogP contribution in [0.1, 0.15) is 136 Å². The third kappa shape index (κ3) is 15.0. The van der Waals surface area contributed by atoms with Crippen LogP contribution in [-0.4, -0.2) is 96.7 Å². The molecular weight excluding hydrogens is 1420 g/mol. The molecule has 0 bridgehead atoms. The van der Waals surface area contributed by atoms with Gasteiger partial charge < -0.3 is 42.0 Å². The van der Waals surface area contributed by atoms with Gasteiger partial charge in [0, 0.05) is 126 Å². The average Bonchev–Trinajstić information content (AvgIpc) is 1.72. The van der Waals surface area contributed by atoms with Crippen molar-refractivity contribution < 1.29 is 27.8 Å². The number of benzene rings is 3. The molecule has 0 radical (unpaired) electrons. The second-order valence-electron chi connectivity index (χ2n) is 24.4. The number of ether oxygens (including phenoxy) is 3. The summed E-state index contributed by atoms with van der Waals surface area (Å²) in [4.78, 5) is 48.2. The summed E-state index contributed by atoms with van der Waals surface area (Å²) in [5.74, 6) is 1.95. The zero-order valence-electron chi connectivity index (χ0n) is 56.9. The predicted octanol–water partition coefficient (Wildman–Crippen LogP) is 17.4. The van der Waals surface area contributed by atoms with E-state index in [9.17, 15) is 4.79 Å². The average molecular weight is 1490 g/mol. The van der Waals surface area contributed by atoms with Crippen LogP contribution in [-0.2, 0) is 4.79 Å². The highest BCUT2D eigenvalue weighted by Crippen LogP contribution is 2.48. The van der Waals surface area contributed by atoms with Crippen LogP contribution in [0.25, 0.3) is 55.8 Å². The number of fused-ring (bicyclic) bond motifs is 3. The smallest absolute Gasteiger partial charge is 0.159 e. The lowest BCUT2D eigenvalue weighted by atomic mass is 9.88. The number of nitrogens with two attached hydrogens (primary N) is 4. The van der Waals surface area contributed by atoms with Crippen LogP contribution in [0.15, 0.2) is 123 Å². The Morgan fingerprint density at radius 1 is 0.584 bits per heavy atom. The molecule has 12 rings (SSSR count). The molecule has 101 heavy (non-hydrogen) atoms. The number of nitrogens with zero attached hydrogens (tertiary/aromatic N) is 12. The molecule has 1 aliphatic carbocycles. The number of ketones is 1. The monoisotopic (exact) mass is 1480 g/mol. The maximum absolute atomic E-state index is 15.6. The Labute approximate surface area is 612 Å². The number of aromatic nitrogens is 11. The number of imidazole rings is 3. The summed E-state index contributed by atoms with van der Waals surface area (Å²) >= 11 is 38.6. The molecule has 8 N–H and O–H groups in total. The van der Waals surface area contributed by atoms with Gasteiger partial charge in [-0.1, -0.05) is 128 Å². The number of allylic oxidation sites excluding steroid dienone is 4. The molecule has 0 fully saturated rings. The van der Waals surface area contributed by atoms with Crippen molar-refractivity contribution in [2.45, 2.75) is 98.7 Å². The molecule has 0 saturated heterocycles. The van der Waals surface area contributed by atoms with E-state index in [0.29, 0.717) is 114 Å². The summed E-state index contributed by atoms with van der Waals surface area (Å²) in [6.07, 6.45) is 18.2. The highest BCUT2D eigenvalue weighted by atomic mass is 35.5. The summed E-state index contributed by atoms with van der Waals surface area (Å²) in [5, 5.41) is 1.24. The van der Waals surface area contributed by atoms with E-state index < -0.39 is 23.5 Å². The number of hydrogen-bond acceptors (Lipinski definition) is 17. The number of anilines is 3. The number of hydrogen-bond donors (Lipinski definition) is 4. The molecular formula is C73H72Cl6F2N16O4. The van der Waals surface area contributed by atoms with Crippen molar-refractivity contribution in [3.63, 3.8) is 0 Å². The van der Waals surface area contributed by atoms with E-state index in [1.807, 2.05) is 104 Å². The van der Waals surface area contributed by atoms with E-state index in [0.717, 1.165) is 33.7 Å². The number of nitrogen functional groups attached to an aromatic ring is 3. The molecule has 524 valence electrons. The molecule has 11 aromatic rings. The molecule has 8 heterocycles. The van der Waals surface area contributed by atoms with Crippen molar-refractivity contribution >= 4 is 126 Å². The zero-order valence-corrected chi connectivity index (χ0v) is 61.5. The van der Waals surface area contributed by atoms with Crippen LogP contribution in [0.2, 0.25) is 30.5 Å². The van der Waals surface area contributed by atoms with Crippen molar-refractivity contribution in [2.24, 2.45) is 5.73 Å². The molecule has 8 aromatic heterocycles. The Morgan fingerprint density at radius 2 is 0.980 bits per heavy atom. The summed E-state index contributed by atoms with van der Waals surface area (Å²) in [5.41, 5.74) is 33.8. The Bertz CT molecular complexity index is 5110. The van der Waals surface area contributed by atoms with Crippen LogP contribution in [0.3, 0.4) is 0 Å². The molecule has 3 unspecified atom stereocenters. The summed E-state index contributed by atoms with van der Waals surface area (Å²) in [6, 6.07) is 12.0. The highest BCUT2D eigenvalue weighted by Gasteiger charge is 2.32. The van der Waals surface area contributed by atoms with Gasteiger partial charge in [-0.15, -0.1) is 0 Å². The van der Waals surface area contributed by atoms with Gasteiger partial charge in [0.1, 0.15) is 51.3 Å². The quantitative estimate of drug-likeness (QED) is 0.0622. The number of pyridine rings is 2. The molecule has 3 atom stereocenters. The Morgan fingerprint density at radius 3 is 1.33 bits per heavy atom. The van der Waals surface area contributed by atoms with Crippen molar-refractivity contribution in [1.29, 1.82) is 0 Å². The van der Waals surface area contributed by atoms with Gasteiger partial charge in [0.2, 0.25) is 0 Å². The topological polar surface area (TPSA) is 268 Å². The second kappa shape index (κ2) is 30.7. The fourth-order valence-electron chi connectivity index (χ4n) is 11.7. The lowest BCUT2D eigenvalue weighted by molar-refractivity contribution is -0.113. The maximum Gasteiger partial charge on any atom is 0.159 e. The second-order valence-corrected chi connectivity index (χ2v) is 26.7. The Hall–Kier alpha value is -9.55. The third-order valence-electron chi connectivity index (χ3n) is 16.7. The van der Waals surface area contributed by atoms with Crippen molar-refractivity contribution in [2.75, 3.05) is 37.9 Å². The van der Waals surface area contributed by atoms with Crippen molar-refractivity contribution in [3.8, 4) is 39.5 Å². The standard InChI is InChI=1S/C26H27Cl2FN6O.C24H23Cl2FN6O.C23H22Cl2N4O2/c1-13(2)36-23-17(14(3)26-33-24(28)22-25(30)31-9-10-35(22)26)11-18(27)21(29)20(23)16-7-8-19(32-12-16)15(4)34(5)6;1-11(2)34-21-15(12(3)24-32-22(26)20-23(29)30-7-8-33(20)24)9-16(25)19(27)18(21)14-5-6-17(13(4)28)31-10-14;1-4-31-20-16(11-17(24)13(3)18(20)14-5-7-15(30)8-6-14)12(2)23-28-21(25)19-22(26)27-9-10-29(19)23/h7-14H,4H2,1-3,5-6H3,(H2,30,31);5-12H,4,28H2,1-3H3,(H2,29,30);5-7,9-12H,4,8H2,1-3H3,(H2,26,27). The molecule has 1 aliphatic rings. The number of carbonyl (C=O) groups is 1. The number of carbonyl (C=O) groups excluding carboxylic acids is 1. The fourth-order valence-corrected chi connectivity index (χ4v) is 13.2. The first-order chi connectivity index (χ1) is 47.9. The lowest BCUT2D eigenvalue weighted by Gasteiger charge is -2.23. The molecule has 20 nitrogen and oxygen atoms in total. The minimum atomic E-state index is -0.617. The van der Waals surface area contributed by atoms with Gasteiger partial charge in [-0.3, -0.25) is 28.0 Å². The molecule has 3 aromatic carbocycles. The lowest BCUT2D eigenvalue weighted by Crippen LogP contribution is -2.13. The normalized spacial score (nSPS) is 13.0. The first-order valence-electron chi connectivity index (χ1n) is 31.8. The molecule has 0 aliphatic heterocycles. The third-order valence-corrected chi connectivity index (χ3v) is 18.4. The van der Waals surface area contributed by atoms with Crippen LogP contribution >= 0.6 is 69.6 Å². The Kier molecular flexibility index (Phi) is 22.6. The van der Waals surface area contributed by atoms with Crippen molar-refractivity contribution in [1.82, 2.24) is 58.0 Å². The van der Waals surface area contributed by atoms with Gasteiger partial charge in [0.25, 0.3) is 0 Å². The van der Waals surface area contributed by atoms with Crippen LogP contribution < -0.4 is 37.1 Å². The Balaban J connectivity index is 0.000000164. The van der Waals surface area contributed by atoms with Gasteiger partial charge in [-0.05, 0) is 89.1 Å². The largest absolute Gasteiger partial charge is 0.493 e. The number of halogens is 8. The van der Waals surface area contributed by atoms with Crippen LogP contribution in [0.5, 0.6) is 17.2 Å². The van der Waals surface area contributed by atoms with Gasteiger partial charge in [-0.2, -0.15) is 0 Å². The predicted molar refractivity (Wildman–Crippen MR) is 401 cm³/mol. The van der Waals surface area contributed by atoms with E-state index in [4.69, 9.17) is 107 Å². The maximum atomic E-state index is 15.6. The van der Waals surface area contributed by atoms with Gasteiger partial charge in [0.05, 0.1) is 62.8 Å². The summed E-state index contributed by atoms with van der Waals surface area (Å²) in [7, 11) is 3.76. The van der Waals surface area contributed by atoms with E-state index >= 15 is 8.78 Å². The minimum absolute atomic E-state index is 0.0436. The zero-order chi connectivity index (χ0) is 73.3. The fraction of sp³-hybridized carbons (Fsp3) is 0.247.